The lowest BCUT2D eigenvalue weighted by molar-refractivity contribution is -0.126. The van der Waals surface area contributed by atoms with Crippen molar-refractivity contribution in [1.29, 1.82) is 5.41 Å². The molecule has 2 N–H and O–H groups in total. The van der Waals surface area contributed by atoms with Gasteiger partial charge < -0.3 is 5.32 Å². The van der Waals surface area contributed by atoms with Gasteiger partial charge in [0, 0.05) is 5.56 Å². The first-order valence-electron chi connectivity index (χ1n) is 4.53. The van der Waals surface area contributed by atoms with Gasteiger partial charge in [0.05, 0.1) is 6.42 Å². The maximum absolute atomic E-state index is 11.2. The van der Waals surface area contributed by atoms with Gasteiger partial charge in [-0.3, -0.25) is 15.0 Å². The number of hydrogen-bond donors (Lipinski definition) is 2. The van der Waals surface area contributed by atoms with E-state index in [2.05, 4.69) is 5.32 Å². The van der Waals surface area contributed by atoms with Gasteiger partial charge in [-0.05, 0) is 6.92 Å². The molecule has 0 atom stereocenters. The van der Waals surface area contributed by atoms with Crippen molar-refractivity contribution in [2.75, 3.05) is 0 Å². The van der Waals surface area contributed by atoms with Gasteiger partial charge in [0.1, 0.15) is 11.6 Å². The summed E-state index contributed by atoms with van der Waals surface area (Å²) in [5, 5.41) is 9.91. The second-order valence-corrected chi connectivity index (χ2v) is 3.17. The highest BCUT2D eigenvalue weighted by Crippen LogP contribution is 1.97. The zero-order valence-corrected chi connectivity index (χ0v) is 8.41. The summed E-state index contributed by atoms with van der Waals surface area (Å²) in [6.45, 7) is 1.34. The Balaban J connectivity index is 2.57. The number of carbonyl (C=O) groups is 2. The predicted octanol–water partition coefficient (Wildman–Crippen LogP) is 1.11. The van der Waals surface area contributed by atoms with Crippen LogP contribution < -0.4 is 5.32 Å². The molecule has 0 aromatic heterocycles. The number of rotatable bonds is 3. The van der Waals surface area contributed by atoms with Crippen molar-refractivity contribution < 1.29 is 9.59 Å². The van der Waals surface area contributed by atoms with Crippen molar-refractivity contribution in [3.8, 4) is 0 Å². The number of amides is 1. The van der Waals surface area contributed by atoms with E-state index in [-0.39, 0.29) is 18.0 Å². The molecule has 0 radical (unpaired) electrons. The molecule has 0 fully saturated rings. The molecular formula is C11H12N2O2. The van der Waals surface area contributed by atoms with Crippen LogP contribution in [0.2, 0.25) is 0 Å². The van der Waals surface area contributed by atoms with E-state index >= 15 is 0 Å². The third-order valence-electron chi connectivity index (χ3n) is 1.74. The Bertz CT molecular complexity index is 385. The van der Waals surface area contributed by atoms with E-state index in [1.165, 1.54) is 6.92 Å². The number of amidine groups is 1. The van der Waals surface area contributed by atoms with E-state index < -0.39 is 5.91 Å². The molecule has 0 aliphatic carbocycles. The summed E-state index contributed by atoms with van der Waals surface area (Å²) in [4.78, 5) is 21.8. The zero-order valence-electron chi connectivity index (χ0n) is 8.41. The van der Waals surface area contributed by atoms with Gasteiger partial charge in [-0.2, -0.15) is 0 Å². The van der Waals surface area contributed by atoms with E-state index in [4.69, 9.17) is 5.41 Å². The fourth-order valence-corrected chi connectivity index (χ4v) is 1.09. The third kappa shape index (κ3) is 3.72. The molecule has 1 aromatic carbocycles. The Labute approximate surface area is 87.8 Å². The first-order chi connectivity index (χ1) is 7.09. The number of hydrogen-bond acceptors (Lipinski definition) is 3. The van der Waals surface area contributed by atoms with Crippen molar-refractivity contribution in [2.45, 2.75) is 13.3 Å². The third-order valence-corrected chi connectivity index (χ3v) is 1.74. The van der Waals surface area contributed by atoms with Gasteiger partial charge in [-0.25, -0.2) is 0 Å². The Kier molecular flexibility index (Phi) is 3.74. The van der Waals surface area contributed by atoms with Gasteiger partial charge in [0.25, 0.3) is 0 Å². The molecule has 1 aromatic rings. The van der Waals surface area contributed by atoms with Gasteiger partial charge in [0.15, 0.2) is 0 Å². The molecule has 0 unspecified atom stereocenters. The van der Waals surface area contributed by atoms with Crippen molar-refractivity contribution in [3.63, 3.8) is 0 Å². The molecule has 4 nitrogen and oxygen atoms in total. The van der Waals surface area contributed by atoms with Gasteiger partial charge in [0.2, 0.25) is 5.91 Å². The van der Waals surface area contributed by atoms with Crippen LogP contribution in [0.5, 0.6) is 0 Å². The lowest BCUT2D eigenvalue weighted by atomic mass is 10.2. The highest BCUT2D eigenvalue weighted by atomic mass is 16.2. The minimum atomic E-state index is -0.448. The topological polar surface area (TPSA) is 70.0 Å². The second kappa shape index (κ2) is 5.05. The van der Waals surface area contributed by atoms with Crippen molar-refractivity contribution in [1.82, 2.24) is 5.32 Å². The van der Waals surface area contributed by atoms with Gasteiger partial charge in [-0.1, -0.05) is 30.3 Å². The van der Waals surface area contributed by atoms with Gasteiger partial charge in [-0.15, -0.1) is 0 Å². The summed E-state index contributed by atoms with van der Waals surface area (Å²) in [7, 11) is 0. The van der Waals surface area contributed by atoms with Crippen LogP contribution in [0.25, 0.3) is 0 Å². The minimum absolute atomic E-state index is 0.0156. The van der Waals surface area contributed by atoms with Crippen LogP contribution in [0.1, 0.15) is 18.9 Å². The predicted molar refractivity (Wildman–Crippen MR) is 56.7 cm³/mol. The van der Waals surface area contributed by atoms with Crippen LogP contribution in [0.4, 0.5) is 0 Å². The lowest BCUT2D eigenvalue weighted by Gasteiger charge is -2.05. The number of nitrogens with one attached hydrogen (secondary N) is 2. The van der Waals surface area contributed by atoms with Gasteiger partial charge >= 0.3 is 0 Å². The standard InChI is InChI=1S/C11H12N2O2/c1-8(14)7-10(15)13-11(12)9-5-3-2-4-6-9/h2-6H,7H2,1H3,(H2,12,13,15). The molecule has 15 heavy (non-hydrogen) atoms. The summed E-state index contributed by atoms with van der Waals surface area (Å²) in [5.41, 5.74) is 0.620. The first-order valence-corrected chi connectivity index (χ1v) is 4.53. The average Bonchev–Trinajstić information content (AvgIpc) is 2.17. The molecule has 0 saturated carbocycles. The Hall–Kier alpha value is -1.97. The zero-order chi connectivity index (χ0) is 11.3. The first kappa shape index (κ1) is 11.1. The van der Waals surface area contributed by atoms with Crippen molar-refractivity contribution in [3.05, 3.63) is 35.9 Å². The van der Waals surface area contributed by atoms with E-state index in [0.29, 0.717) is 5.56 Å². The Morgan fingerprint density at radius 3 is 2.40 bits per heavy atom. The van der Waals surface area contributed by atoms with Crippen molar-refractivity contribution in [2.24, 2.45) is 0 Å². The van der Waals surface area contributed by atoms with Crippen LogP contribution in [0.15, 0.2) is 30.3 Å². The van der Waals surface area contributed by atoms with E-state index in [1.54, 1.807) is 24.3 Å². The fraction of sp³-hybridized carbons (Fsp3) is 0.182. The molecule has 0 bridgehead atoms. The summed E-state index contributed by atoms with van der Waals surface area (Å²) >= 11 is 0. The Morgan fingerprint density at radius 1 is 1.27 bits per heavy atom. The maximum Gasteiger partial charge on any atom is 0.232 e. The molecule has 1 amide bonds. The summed E-state index contributed by atoms with van der Waals surface area (Å²) < 4.78 is 0. The SMILES string of the molecule is CC(=O)CC(=O)NC(=N)c1ccccc1. The summed E-state index contributed by atoms with van der Waals surface area (Å²) in [6.07, 6.45) is -0.185. The van der Waals surface area contributed by atoms with Crippen LogP contribution in [-0.2, 0) is 9.59 Å². The van der Waals surface area contributed by atoms with Crippen LogP contribution in [0, 0.1) is 5.41 Å². The minimum Gasteiger partial charge on any atom is -0.310 e. The smallest absolute Gasteiger partial charge is 0.232 e. The molecular weight excluding hydrogens is 192 g/mol. The van der Waals surface area contributed by atoms with E-state index in [0.717, 1.165) is 0 Å². The molecule has 78 valence electrons. The summed E-state index contributed by atoms with van der Waals surface area (Å²) in [6, 6.07) is 8.82. The highest BCUT2D eigenvalue weighted by molar-refractivity contribution is 6.10. The molecule has 1 rings (SSSR count). The van der Waals surface area contributed by atoms with E-state index in [9.17, 15) is 9.59 Å². The van der Waals surface area contributed by atoms with E-state index in [1.807, 2.05) is 6.07 Å². The fourth-order valence-electron chi connectivity index (χ4n) is 1.09. The van der Waals surface area contributed by atoms with Crippen LogP contribution in [0.3, 0.4) is 0 Å². The highest BCUT2D eigenvalue weighted by Gasteiger charge is 2.08. The molecule has 0 aliphatic heterocycles. The quantitative estimate of drug-likeness (QED) is 0.440. The maximum atomic E-state index is 11.2. The second-order valence-electron chi connectivity index (χ2n) is 3.17. The number of carbonyl (C=O) groups excluding carboxylic acids is 2. The molecule has 0 saturated heterocycles. The molecule has 4 heteroatoms. The molecule has 0 heterocycles. The normalized spacial score (nSPS) is 9.40. The van der Waals surface area contributed by atoms with Crippen LogP contribution >= 0.6 is 0 Å². The summed E-state index contributed by atoms with van der Waals surface area (Å²) in [5.74, 6) is -0.647. The monoisotopic (exact) mass is 204 g/mol. The Morgan fingerprint density at radius 2 is 1.87 bits per heavy atom. The molecule has 0 aliphatic rings. The average molecular weight is 204 g/mol. The molecule has 0 spiro atoms. The number of benzene rings is 1. The largest absolute Gasteiger partial charge is 0.310 e. The number of Topliss-reactive ketones (excluding diaryl/α,β-unsaturated/α-hetero) is 1. The number of ketones is 1. The van der Waals surface area contributed by atoms with Crippen molar-refractivity contribution >= 4 is 17.5 Å². The lowest BCUT2D eigenvalue weighted by Crippen LogP contribution is -2.31. The van der Waals surface area contributed by atoms with Crippen LogP contribution in [-0.4, -0.2) is 17.5 Å².